The first kappa shape index (κ1) is 28.4. The molecule has 0 unspecified atom stereocenters. The molecule has 2 aromatic rings. The Morgan fingerprint density at radius 1 is 0.759 bits per heavy atom. The Hall–Kier alpha value is -0.650. The van der Waals surface area contributed by atoms with Crippen molar-refractivity contribution in [2.24, 2.45) is 0 Å². The van der Waals surface area contributed by atoms with Crippen LogP contribution < -0.4 is 29.6 Å². The number of rotatable bonds is 4. The molecule has 17 heteroatoms. The summed E-state index contributed by atoms with van der Waals surface area (Å²) in [5.41, 5.74) is -0.785. The Kier molecular flexibility index (Phi) is 10.9. The summed E-state index contributed by atoms with van der Waals surface area (Å²) in [7, 11) is -3.57. The Morgan fingerprint density at radius 2 is 1.10 bits per heavy atom. The number of hydrogen-bond donors (Lipinski definition) is 0. The fraction of sp³-hybridized carbons (Fsp3) is 0. The van der Waals surface area contributed by atoms with Gasteiger partial charge in [-0.2, -0.15) is 0 Å². The molecule has 2 aromatic carbocycles. The fourth-order valence-electron chi connectivity index (χ4n) is 1.59. The second kappa shape index (κ2) is 11.1. The van der Waals surface area contributed by atoms with Gasteiger partial charge in [-0.1, -0.05) is 31.9 Å². The first-order valence-corrected chi connectivity index (χ1v) is 11.7. The zero-order chi connectivity index (χ0) is 21.9. The molecular formula is C12H6Br2ClN2NaO9S2. The molecule has 0 saturated carbocycles. The number of nitro benzene ring substituents is 2. The predicted octanol–water partition coefficient (Wildman–Crippen LogP) is 0.550. The van der Waals surface area contributed by atoms with Gasteiger partial charge in [0.15, 0.2) is 0 Å². The minimum atomic E-state index is -4.67. The zero-order valence-electron chi connectivity index (χ0n) is 14.0. The van der Waals surface area contributed by atoms with E-state index in [0.29, 0.717) is 6.07 Å². The molecule has 0 amide bonds. The average Bonchev–Trinajstić information content (AvgIpc) is 2.52. The van der Waals surface area contributed by atoms with Crippen LogP contribution in [0, 0.1) is 20.2 Å². The van der Waals surface area contributed by atoms with Crippen molar-refractivity contribution in [3.05, 3.63) is 65.6 Å². The SMILES string of the molecule is O=[N+]([O-])c1cc(Br)cc(S(=O)(=O)Cl)c1.O=[N+]([O-])c1cc(Br)cc(S(=O)(=O)[O-])c1.[Na+]. The van der Waals surface area contributed by atoms with Crippen LogP contribution in [0.3, 0.4) is 0 Å². The molecule has 0 saturated heterocycles. The minimum Gasteiger partial charge on any atom is -0.744 e. The molecule has 0 aromatic heterocycles. The molecule has 0 spiro atoms. The standard InChI is InChI=1S/C6H3BrClNO4S.C6H4BrNO5S.Na/c7-4-1-5(9(10)11)3-6(2-4)14(8,12)13;7-4-1-5(8(9)10)3-6(2-4)14(11,12)13;/h1-3H;1-3H,(H,11,12,13);/q;;+1/p-1. The molecule has 0 fully saturated rings. The number of non-ortho nitro benzene ring substituents is 2. The van der Waals surface area contributed by atoms with E-state index in [-0.39, 0.29) is 49.1 Å². The van der Waals surface area contributed by atoms with Crippen LogP contribution >= 0.6 is 42.5 Å². The molecule has 0 aliphatic carbocycles. The van der Waals surface area contributed by atoms with Gasteiger partial charge in [0.2, 0.25) is 0 Å². The van der Waals surface area contributed by atoms with Gasteiger partial charge in [-0.3, -0.25) is 20.2 Å². The Balaban J connectivity index is 0.000000523. The van der Waals surface area contributed by atoms with Crippen molar-refractivity contribution in [3.8, 4) is 0 Å². The van der Waals surface area contributed by atoms with E-state index in [1.807, 2.05) is 0 Å². The van der Waals surface area contributed by atoms with Crippen molar-refractivity contribution >= 4 is 73.1 Å². The Morgan fingerprint density at radius 3 is 1.41 bits per heavy atom. The summed E-state index contributed by atoms with van der Waals surface area (Å²) >= 11 is 5.81. The number of benzene rings is 2. The second-order valence-corrected chi connectivity index (χ2v) is 10.5. The van der Waals surface area contributed by atoms with E-state index in [9.17, 15) is 41.6 Å². The van der Waals surface area contributed by atoms with Crippen LogP contribution in [0.15, 0.2) is 55.1 Å². The van der Waals surface area contributed by atoms with Crippen molar-refractivity contribution in [2.45, 2.75) is 9.79 Å². The van der Waals surface area contributed by atoms with Crippen molar-refractivity contribution in [2.75, 3.05) is 0 Å². The van der Waals surface area contributed by atoms with Gasteiger partial charge in [0.25, 0.3) is 20.4 Å². The quantitative estimate of drug-likeness (QED) is 0.158. The maximum atomic E-state index is 10.9. The van der Waals surface area contributed by atoms with Crippen LogP contribution in [0.1, 0.15) is 0 Å². The summed E-state index contributed by atoms with van der Waals surface area (Å²) in [4.78, 5) is 18.3. The van der Waals surface area contributed by atoms with Crippen LogP contribution in [0.25, 0.3) is 0 Å². The smallest absolute Gasteiger partial charge is 0.744 e. The summed E-state index contributed by atoms with van der Waals surface area (Å²) in [5, 5.41) is 20.7. The number of nitro groups is 2. The number of halogens is 3. The molecular weight excluding hydrogens is 599 g/mol. The second-order valence-electron chi connectivity index (χ2n) is 4.70. The molecule has 29 heavy (non-hydrogen) atoms. The third-order valence-corrected chi connectivity index (χ3v) is 5.77. The fourth-order valence-corrected chi connectivity index (χ4v) is 4.19. The van der Waals surface area contributed by atoms with Crippen LogP contribution in [0.2, 0.25) is 0 Å². The first-order valence-electron chi connectivity index (χ1n) is 6.42. The first-order chi connectivity index (χ1) is 12.6. The normalized spacial score (nSPS) is 10.9. The maximum Gasteiger partial charge on any atom is 1.00 e. The van der Waals surface area contributed by atoms with Gasteiger partial charge in [0.1, 0.15) is 10.1 Å². The molecule has 152 valence electrons. The molecule has 0 aliphatic rings. The summed E-state index contributed by atoms with van der Waals surface area (Å²) in [6.07, 6.45) is 0. The molecule has 0 aliphatic heterocycles. The summed E-state index contributed by atoms with van der Waals surface area (Å²) in [6, 6.07) is 6.10. The van der Waals surface area contributed by atoms with Crippen LogP contribution in [-0.2, 0) is 19.2 Å². The number of hydrogen-bond acceptors (Lipinski definition) is 9. The van der Waals surface area contributed by atoms with Crippen molar-refractivity contribution in [1.82, 2.24) is 0 Å². The van der Waals surface area contributed by atoms with Gasteiger partial charge in [0.05, 0.1) is 19.6 Å². The van der Waals surface area contributed by atoms with Crippen LogP contribution in [-0.4, -0.2) is 31.2 Å². The molecule has 0 bridgehead atoms. The van der Waals surface area contributed by atoms with Crippen LogP contribution in [0.5, 0.6) is 0 Å². The minimum absolute atomic E-state index is 0. The molecule has 11 nitrogen and oxygen atoms in total. The van der Waals surface area contributed by atoms with E-state index in [1.165, 1.54) is 12.1 Å². The van der Waals surface area contributed by atoms with Crippen LogP contribution in [0.4, 0.5) is 11.4 Å². The third kappa shape index (κ3) is 9.35. The van der Waals surface area contributed by atoms with Gasteiger partial charge in [-0.05, 0) is 12.1 Å². The zero-order valence-corrected chi connectivity index (χ0v) is 21.5. The van der Waals surface area contributed by atoms with Gasteiger partial charge in [0, 0.05) is 43.9 Å². The van der Waals surface area contributed by atoms with E-state index in [1.54, 1.807) is 0 Å². The Bertz CT molecular complexity index is 1070. The van der Waals surface area contributed by atoms with Crippen molar-refractivity contribution in [3.63, 3.8) is 0 Å². The van der Waals surface area contributed by atoms with E-state index in [2.05, 4.69) is 31.9 Å². The summed E-state index contributed by atoms with van der Waals surface area (Å²) in [6.45, 7) is 0. The Labute approximate surface area is 207 Å². The van der Waals surface area contributed by atoms with Gasteiger partial charge < -0.3 is 4.55 Å². The van der Waals surface area contributed by atoms with Crippen molar-refractivity contribution < 1.29 is 60.8 Å². The predicted molar refractivity (Wildman–Crippen MR) is 103 cm³/mol. The van der Waals surface area contributed by atoms with E-state index in [4.69, 9.17) is 10.7 Å². The molecule has 2 rings (SSSR count). The third-order valence-electron chi connectivity index (χ3n) is 2.70. The summed E-state index contributed by atoms with van der Waals surface area (Å²) in [5.74, 6) is 0. The van der Waals surface area contributed by atoms with Gasteiger partial charge in [-0.25, -0.2) is 16.8 Å². The monoisotopic (exact) mass is 602 g/mol. The molecule has 0 atom stereocenters. The topological polar surface area (TPSA) is 178 Å². The van der Waals surface area contributed by atoms with E-state index >= 15 is 0 Å². The maximum absolute atomic E-state index is 10.9. The summed E-state index contributed by atoms with van der Waals surface area (Å²) < 4.78 is 53.9. The van der Waals surface area contributed by atoms with Gasteiger partial charge >= 0.3 is 29.6 Å². The number of nitrogens with zero attached hydrogens (tertiary/aromatic N) is 2. The van der Waals surface area contributed by atoms with E-state index in [0.717, 1.165) is 18.2 Å². The van der Waals surface area contributed by atoms with Gasteiger partial charge in [-0.15, -0.1) is 0 Å². The molecule has 0 heterocycles. The van der Waals surface area contributed by atoms with Crippen molar-refractivity contribution in [1.29, 1.82) is 0 Å². The average molecular weight is 605 g/mol. The molecule has 0 N–H and O–H groups in total. The van der Waals surface area contributed by atoms with E-state index < -0.39 is 39.6 Å². The largest absolute Gasteiger partial charge is 1.00 e. The molecule has 0 radical (unpaired) electrons.